The Labute approximate surface area is 180 Å². The van der Waals surface area contributed by atoms with Crippen molar-refractivity contribution < 1.29 is 4.74 Å². The van der Waals surface area contributed by atoms with E-state index in [4.69, 9.17) is 14.7 Å². The SMILES string of the molecule is CN(CC1CCOC1)c1nc(N2Cc3ccccc3-n3cncc32)nc2ccccc12. The molecule has 4 aromatic rings. The Morgan fingerprint density at radius 1 is 1.10 bits per heavy atom. The molecule has 2 aliphatic heterocycles. The number of rotatable bonds is 4. The van der Waals surface area contributed by atoms with E-state index in [1.165, 1.54) is 5.56 Å². The van der Waals surface area contributed by atoms with Crippen molar-refractivity contribution in [1.29, 1.82) is 0 Å². The molecule has 2 aromatic carbocycles. The minimum absolute atomic E-state index is 0.533. The minimum atomic E-state index is 0.533. The lowest BCUT2D eigenvalue weighted by Crippen LogP contribution is -2.29. The van der Waals surface area contributed by atoms with Crippen molar-refractivity contribution >= 4 is 28.5 Å². The first-order valence-corrected chi connectivity index (χ1v) is 10.7. The summed E-state index contributed by atoms with van der Waals surface area (Å²) >= 11 is 0. The van der Waals surface area contributed by atoms with Crippen LogP contribution in [0.15, 0.2) is 61.1 Å². The third-order valence-corrected chi connectivity index (χ3v) is 6.21. The lowest BCUT2D eigenvalue weighted by Gasteiger charge is -2.31. The number of benzene rings is 2. The van der Waals surface area contributed by atoms with Crippen LogP contribution >= 0.6 is 0 Å². The molecule has 1 fully saturated rings. The molecule has 0 N–H and O–H groups in total. The number of para-hydroxylation sites is 2. The number of anilines is 3. The molecule has 1 atom stereocenters. The van der Waals surface area contributed by atoms with Gasteiger partial charge in [-0.05, 0) is 30.2 Å². The van der Waals surface area contributed by atoms with Gasteiger partial charge in [0.1, 0.15) is 18.0 Å². The zero-order valence-corrected chi connectivity index (χ0v) is 17.5. The van der Waals surface area contributed by atoms with E-state index in [0.717, 1.165) is 54.4 Å². The number of imidazole rings is 1. The van der Waals surface area contributed by atoms with E-state index >= 15 is 0 Å². The standard InChI is InChI=1S/C24H24N6O/c1-28(13-17-10-11-31-15-17)23-19-7-3-4-8-20(19)26-24(27-23)29-14-18-6-2-5-9-21(18)30-16-25-12-22(29)30/h2-9,12,16-17H,10-11,13-15H2,1H3. The summed E-state index contributed by atoms with van der Waals surface area (Å²) in [5.41, 5.74) is 3.33. The summed E-state index contributed by atoms with van der Waals surface area (Å²) in [6.07, 6.45) is 4.84. The maximum absolute atomic E-state index is 5.59. The van der Waals surface area contributed by atoms with Gasteiger partial charge in [-0.3, -0.25) is 9.47 Å². The molecule has 0 saturated carbocycles. The van der Waals surface area contributed by atoms with Crippen molar-refractivity contribution in [3.8, 4) is 5.69 Å². The number of ether oxygens (including phenoxy) is 1. The molecule has 4 heterocycles. The molecule has 1 unspecified atom stereocenters. The van der Waals surface area contributed by atoms with Crippen LogP contribution in [0.1, 0.15) is 12.0 Å². The van der Waals surface area contributed by atoms with Gasteiger partial charge in [-0.25, -0.2) is 9.97 Å². The summed E-state index contributed by atoms with van der Waals surface area (Å²) in [7, 11) is 2.12. The molecule has 6 rings (SSSR count). The average molecular weight is 412 g/mol. The first-order chi connectivity index (χ1) is 15.3. The van der Waals surface area contributed by atoms with Gasteiger partial charge in [0.15, 0.2) is 0 Å². The third-order valence-electron chi connectivity index (χ3n) is 6.21. The van der Waals surface area contributed by atoms with Gasteiger partial charge in [0, 0.05) is 31.5 Å². The zero-order chi connectivity index (χ0) is 20.8. The highest BCUT2D eigenvalue weighted by Gasteiger charge is 2.27. The summed E-state index contributed by atoms with van der Waals surface area (Å²) in [6, 6.07) is 16.7. The Balaban J connectivity index is 1.45. The van der Waals surface area contributed by atoms with Gasteiger partial charge < -0.3 is 9.64 Å². The van der Waals surface area contributed by atoms with Gasteiger partial charge in [-0.1, -0.05) is 30.3 Å². The van der Waals surface area contributed by atoms with Crippen LogP contribution in [0.3, 0.4) is 0 Å². The highest BCUT2D eigenvalue weighted by Crippen LogP contribution is 2.36. The summed E-state index contributed by atoms with van der Waals surface area (Å²) < 4.78 is 7.69. The Hall–Kier alpha value is -3.45. The van der Waals surface area contributed by atoms with Crippen LogP contribution in [0.2, 0.25) is 0 Å². The van der Waals surface area contributed by atoms with E-state index in [2.05, 4.69) is 62.8 Å². The maximum Gasteiger partial charge on any atom is 0.233 e. The molecular formula is C24H24N6O. The largest absolute Gasteiger partial charge is 0.381 e. The van der Waals surface area contributed by atoms with E-state index in [1.807, 2.05) is 24.7 Å². The summed E-state index contributed by atoms with van der Waals surface area (Å²) in [5, 5.41) is 1.07. The fourth-order valence-electron chi connectivity index (χ4n) is 4.64. The fraction of sp³-hybridized carbons (Fsp3) is 0.292. The van der Waals surface area contributed by atoms with E-state index in [-0.39, 0.29) is 0 Å². The van der Waals surface area contributed by atoms with Gasteiger partial charge >= 0.3 is 0 Å². The highest BCUT2D eigenvalue weighted by molar-refractivity contribution is 5.91. The predicted octanol–water partition coefficient (Wildman–Crippen LogP) is 3.94. The molecule has 0 aliphatic carbocycles. The first-order valence-electron chi connectivity index (χ1n) is 10.7. The molecule has 2 aliphatic rings. The highest BCUT2D eigenvalue weighted by atomic mass is 16.5. The van der Waals surface area contributed by atoms with Crippen molar-refractivity contribution in [3.63, 3.8) is 0 Å². The van der Waals surface area contributed by atoms with Crippen LogP contribution < -0.4 is 9.80 Å². The van der Waals surface area contributed by atoms with Crippen molar-refractivity contribution in [2.45, 2.75) is 13.0 Å². The fourth-order valence-corrected chi connectivity index (χ4v) is 4.64. The first kappa shape index (κ1) is 18.3. The number of hydrogen-bond acceptors (Lipinski definition) is 6. The van der Waals surface area contributed by atoms with Gasteiger partial charge in [-0.2, -0.15) is 4.98 Å². The van der Waals surface area contributed by atoms with E-state index in [9.17, 15) is 0 Å². The van der Waals surface area contributed by atoms with E-state index < -0.39 is 0 Å². The zero-order valence-electron chi connectivity index (χ0n) is 17.5. The second kappa shape index (κ2) is 7.35. The second-order valence-corrected chi connectivity index (χ2v) is 8.31. The van der Waals surface area contributed by atoms with Crippen LogP contribution in [0.4, 0.5) is 17.6 Å². The van der Waals surface area contributed by atoms with Crippen molar-refractivity contribution in [3.05, 3.63) is 66.6 Å². The number of nitrogens with zero attached hydrogens (tertiary/aromatic N) is 6. The average Bonchev–Trinajstić information content (AvgIpc) is 3.50. The molecular weight excluding hydrogens is 388 g/mol. The summed E-state index contributed by atoms with van der Waals surface area (Å²) in [4.78, 5) is 18.8. The van der Waals surface area contributed by atoms with Crippen molar-refractivity contribution in [2.75, 3.05) is 36.6 Å². The Kier molecular flexibility index (Phi) is 4.35. The molecule has 156 valence electrons. The van der Waals surface area contributed by atoms with Gasteiger partial charge in [0.2, 0.25) is 5.95 Å². The number of fused-ring (bicyclic) bond motifs is 4. The van der Waals surface area contributed by atoms with Gasteiger partial charge in [0.05, 0.1) is 30.6 Å². The Morgan fingerprint density at radius 3 is 2.87 bits per heavy atom. The van der Waals surface area contributed by atoms with E-state index in [0.29, 0.717) is 18.4 Å². The molecule has 31 heavy (non-hydrogen) atoms. The lowest BCUT2D eigenvalue weighted by atomic mass is 10.1. The predicted molar refractivity (Wildman–Crippen MR) is 121 cm³/mol. The second-order valence-electron chi connectivity index (χ2n) is 8.31. The van der Waals surface area contributed by atoms with Crippen LogP contribution in [0.5, 0.6) is 0 Å². The molecule has 0 bridgehead atoms. The topological polar surface area (TPSA) is 59.3 Å². The smallest absolute Gasteiger partial charge is 0.233 e. The molecule has 7 heteroatoms. The van der Waals surface area contributed by atoms with Crippen molar-refractivity contribution in [1.82, 2.24) is 19.5 Å². The van der Waals surface area contributed by atoms with Crippen LogP contribution in [-0.4, -0.2) is 46.3 Å². The maximum atomic E-state index is 5.59. The quantitative estimate of drug-likeness (QED) is 0.506. The monoisotopic (exact) mass is 412 g/mol. The number of aromatic nitrogens is 4. The van der Waals surface area contributed by atoms with Crippen molar-refractivity contribution in [2.24, 2.45) is 5.92 Å². The van der Waals surface area contributed by atoms with Gasteiger partial charge in [0.25, 0.3) is 0 Å². The Morgan fingerprint density at radius 2 is 1.97 bits per heavy atom. The summed E-state index contributed by atoms with van der Waals surface area (Å²) in [5.74, 6) is 3.16. The Bertz CT molecular complexity index is 1250. The third kappa shape index (κ3) is 3.13. The number of hydrogen-bond donors (Lipinski definition) is 0. The molecule has 7 nitrogen and oxygen atoms in total. The molecule has 2 aromatic heterocycles. The molecule has 0 amide bonds. The molecule has 1 saturated heterocycles. The molecule has 0 radical (unpaired) electrons. The summed E-state index contributed by atoms with van der Waals surface area (Å²) in [6.45, 7) is 3.30. The minimum Gasteiger partial charge on any atom is -0.381 e. The molecule has 0 spiro atoms. The lowest BCUT2D eigenvalue weighted by molar-refractivity contribution is 0.186. The van der Waals surface area contributed by atoms with Crippen LogP contribution in [-0.2, 0) is 11.3 Å². The van der Waals surface area contributed by atoms with E-state index in [1.54, 1.807) is 0 Å². The van der Waals surface area contributed by atoms with Crippen LogP contribution in [0.25, 0.3) is 16.6 Å². The normalized spacial score (nSPS) is 17.6. The van der Waals surface area contributed by atoms with Gasteiger partial charge in [-0.15, -0.1) is 0 Å². The van der Waals surface area contributed by atoms with Crippen LogP contribution in [0, 0.1) is 5.92 Å².